The lowest BCUT2D eigenvalue weighted by molar-refractivity contribution is -0.137. The number of nitrogens with zero attached hydrogens (tertiary/aromatic N) is 3. The van der Waals surface area contributed by atoms with Crippen LogP contribution in [0.15, 0.2) is 48.7 Å². The molecule has 30 heavy (non-hydrogen) atoms. The van der Waals surface area contributed by atoms with Gasteiger partial charge in [0.1, 0.15) is 19.0 Å². The van der Waals surface area contributed by atoms with Crippen LogP contribution in [0.5, 0.6) is 17.2 Å². The molecule has 4 rings (SSSR count). The molecule has 156 valence electrons. The van der Waals surface area contributed by atoms with Gasteiger partial charge in [0.15, 0.2) is 17.6 Å². The number of aromatic nitrogens is 3. The zero-order chi connectivity index (χ0) is 21.1. The number of carbonyl (C=O) groups is 1. The van der Waals surface area contributed by atoms with Crippen LogP contribution >= 0.6 is 11.6 Å². The lowest BCUT2D eigenvalue weighted by atomic mass is 9.92. The molecule has 1 unspecified atom stereocenters. The summed E-state index contributed by atoms with van der Waals surface area (Å²) >= 11 is 6.00. The molecular weight excluding hydrogens is 410 g/mol. The SMILES string of the molecule is Cn1nncc1C(CC(=O)O)c1ccc(OC[C@H]2COc3ccc(Cl)cc3O2)cc1. The number of ether oxygens (including phenoxy) is 3. The van der Waals surface area contributed by atoms with Gasteiger partial charge in [-0.3, -0.25) is 9.48 Å². The highest BCUT2D eigenvalue weighted by atomic mass is 35.5. The van der Waals surface area contributed by atoms with E-state index in [2.05, 4.69) is 10.3 Å². The third kappa shape index (κ3) is 4.49. The maximum Gasteiger partial charge on any atom is 0.304 e. The van der Waals surface area contributed by atoms with Gasteiger partial charge in [0.25, 0.3) is 0 Å². The molecule has 0 bridgehead atoms. The predicted octanol–water partition coefficient (Wildman–Crippen LogP) is 3.29. The van der Waals surface area contributed by atoms with E-state index in [-0.39, 0.29) is 18.4 Å². The molecule has 2 heterocycles. The van der Waals surface area contributed by atoms with E-state index in [0.717, 1.165) is 11.3 Å². The second kappa shape index (κ2) is 8.62. The summed E-state index contributed by atoms with van der Waals surface area (Å²) in [4.78, 5) is 11.3. The molecule has 1 aliphatic heterocycles. The zero-order valence-electron chi connectivity index (χ0n) is 16.2. The number of hydrogen-bond donors (Lipinski definition) is 1. The van der Waals surface area contributed by atoms with Crippen molar-refractivity contribution in [3.63, 3.8) is 0 Å². The molecule has 0 radical (unpaired) electrons. The minimum absolute atomic E-state index is 0.0589. The molecule has 1 aliphatic rings. The van der Waals surface area contributed by atoms with Crippen LogP contribution in [-0.2, 0) is 11.8 Å². The molecule has 0 amide bonds. The number of hydrogen-bond acceptors (Lipinski definition) is 6. The molecule has 0 saturated heterocycles. The number of rotatable bonds is 7. The van der Waals surface area contributed by atoms with Crippen molar-refractivity contribution in [2.45, 2.75) is 18.4 Å². The second-order valence-electron chi connectivity index (χ2n) is 6.95. The summed E-state index contributed by atoms with van der Waals surface area (Å²) in [7, 11) is 1.74. The van der Waals surface area contributed by atoms with Crippen molar-refractivity contribution in [3.8, 4) is 17.2 Å². The van der Waals surface area contributed by atoms with Crippen LogP contribution in [0.4, 0.5) is 0 Å². The summed E-state index contributed by atoms with van der Waals surface area (Å²) in [5.41, 5.74) is 1.58. The van der Waals surface area contributed by atoms with Crippen LogP contribution < -0.4 is 14.2 Å². The van der Waals surface area contributed by atoms with Crippen LogP contribution in [0.3, 0.4) is 0 Å². The first-order valence-corrected chi connectivity index (χ1v) is 9.75. The van der Waals surface area contributed by atoms with Gasteiger partial charge in [-0.1, -0.05) is 28.9 Å². The van der Waals surface area contributed by atoms with Gasteiger partial charge in [-0.05, 0) is 29.8 Å². The van der Waals surface area contributed by atoms with E-state index in [4.69, 9.17) is 25.8 Å². The Morgan fingerprint density at radius 2 is 2.10 bits per heavy atom. The van der Waals surface area contributed by atoms with Gasteiger partial charge in [0.05, 0.1) is 18.3 Å². The van der Waals surface area contributed by atoms with E-state index in [0.29, 0.717) is 35.5 Å². The van der Waals surface area contributed by atoms with Gasteiger partial charge in [0.2, 0.25) is 0 Å². The number of aryl methyl sites for hydroxylation is 1. The Kier molecular flexibility index (Phi) is 5.76. The molecular formula is C21H20ClN3O5. The predicted molar refractivity (Wildman–Crippen MR) is 108 cm³/mol. The summed E-state index contributed by atoms with van der Waals surface area (Å²) in [6.45, 7) is 0.677. The summed E-state index contributed by atoms with van der Waals surface area (Å²) < 4.78 is 19.0. The fourth-order valence-electron chi connectivity index (χ4n) is 3.34. The van der Waals surface area contributed by atoms with E-state index in [1.807, 2.05) is 24.3 Å². The van der Waals surface area contributed by atoms with Crippen molar-refractivity contribution < 1.29 is 24.1 Å². The van der Waals surface area contributed by atoms with Gasteiger partial charge in [-0.25, -0.2) is 0 Å². The first kappa shape index (κ1) is 20.0. The van der Waals surface area contributed by atoms with Crippen molar-refractivity contribution >= 4 is 17.6 Å². The highest BCUT2D eigenvalue weighted by Crippen LogP contribution is 2.34. The van der Waals surface area contributed by atoms with E-state index in [9.17, 15) is 9.90 Å². The van der Waals surface area contributed by atoms with E-state index in [1.165, 1.54) is 0 Å². The number of carboxylic acid groups (broad SMARTS) is 1. The van der Waals surface area contributed by atoms with Crippen LogP contribution in [0, 0.1) is 0 Å². The van der Waals surface area contributed by atoms with Crippen LogP contribution in [-0.4, -0.2) is 45.4 Å². The number of carboxylic acids is 1. The molecule has 3 aromatic rings. The van der Waals surface area contributed by atoms with Crippen molar-refractivity contribution in [1.82, 2.24) is 15.0 Å². The van der Waals surface area contributed by atoms with Gasteiger partial charge >= 0.3 is 5.97 Å². The third-order valence-corrected chi connectivity index (χ3v) is 5.06. The molecule has 2 aromatic carbocycles. The average molecular weight is 430 g/mol. The standard InChI is InChI=1S/C21H20ClN3O5/c1-25-18(10-23-24-25)17(9-21(26)27)13-2-5-15(6-3-13)28-11-16-12-29-19-7-4-14(22)8-20(19)30-16/h2-8,10,16-17H,9,11-12H2,1H3,(H,26,27)/t16-,17?/m0/s1. The number of benzene rings is 2. The molecule has 8 nitrogen and oxygen atoms in total. The molecule has 0 saturated carbocycles. The molecule has 0 aliphatic carbocycles. The summed E-state index contributed by atoms with van der Waals surface area (Å²) in [5, 5.41) is 17.6. The maximum absolute atomic E-state index is 11.3. The van der Waals surface area contributed by atoms with Crippen molar-refractivity contribution in [1.29, 1.82) is 0 Å². The zero-order valence-corrected chi connectivity index (χ0v) is 17.0. The van der Waals surface area contributed by atoms with Crippen molar-refractivity contribution in [2.75, 3.05) is 13.2 Å². The largest absolute Gasteiger partial charge is 0.490 e. The number of aliphatic carboxylic acids is 1. The third-order valence-electron chi connectivity index (χ3n) is 4.83. The lowest BCUT2D eigenvalue weighted by Gasteiger charge is -2.26. The topological polar surface area (TPSA) is 95.7 Å². The normalized spacial score (nSPS) is 16.1. The van der Waals surface area contributed by atoms with E-state index in [1.54, 1.807) is 36.1 Å². The van der Waals surface area contributed by atoms with E-state index < -0.39 is 5.97 Å². The molecule has 2 atom stereocenters. The van der Waals surface area contributed by atoms with Gasteiger partial charge in [0, 0.05) is 24.1 Å². The highest BCUT2D eigenvalue weighted by Gasteiger charge is 2.23. The summed E-state index contributed by atoms with van der Waals surface area (Å²) in [6, 6.07) is 12.6. The molecule has 1 aromatic heterocycles. The molecule has 9 heteroatoms. The van der Waals surface area contributed by atoms with Gasteiger partial charge in [-0.15, -0.1) is 5.10 Å². The minimum atomic E-state index is -0.892. The smallest absolute Gasteiger partial charge is 0.304 e. The Morgan fingerprint density at radius 3 is 2.80 bits per heavy atom. The fourth-order valence-corrected chi connectivity index (χ4v) is 3.50. The quantitative estimate of drug-likeness (QED) is 0.615. The maximum atomic E-state index is 11.3. The van der Waals surface area contributed by atoms with Crippen LogP contribution in [0.2, 0.25) is 5.02 Å². The fraction of sp³-hybridized carbons (Fsp3) is 0.286. The minimum Gasteiger partial charge on any atom is -0.490 e. The van der Waals surface area contributed by atoms with Crippen LogP contribution in [0.25, 0.3) is 0 Å². The average Bonchev–Trinajstić information content (AvgIpc) is 3.16. The molecule has 1 N–H and O–H groups in total. The first-order valence-electron chi connectivity index (χ1n) is 9.37. The Bertz CT molecular complexity index is 1040. The van der Waals surface area contributed by atoms with Gasteiger partial charge in [-0.2, -0.15) is 0 Å². The number of halogens is 1. The summed E-state index contributed by atoms with van der Waals surface area (Å²) in [6.07, 6.45) is 1.26. The lowest BCUT2D eigenvalue weighted by Crippen LogP contribution is -2.34. The summed E-state index contributed by atoms with van der Waals surface area (Å²) in [5.74, 6) is 0.661. The molecule has 0 fully saturated rings. The Hall–Kier alpha value is -3.26. The Morgan fingerprint density at radius 1 is 1.30 bits per heavy atom. The number of fused-ring (bicyclic) bond motifs is 1. The van der Waals surface area contributed by atoms with Crippen LogP contribution in [0.1, 0.15) is 23.6 Å². The van der Waals surface area contributed by atoms with E-state index >= 15 is 0 Å². The first-order chi connectivity index (χ1) is 14.5. The Balaban J connectivity index is 1.41. The second-order valence-corrected chi connectivity index (χ2v) is 7.39. The van der Waals surface area contributed by atoms with Gasteiger partial charge < -0.3 is 19.3 Å². The highest BCUT2D eigenvalue weighted by molar-refractivity contribution is 6.30. The van der Waals surface area contributed by atoms with Crippen molar-refractivity contribution in [3.05, 3.63) is 64.9 Å². The molecule has 0 spiro atoms. The Labute approximate surface area is 177 Å². The van der Waals surface area contributed by atoms with Crippen molar-refractivity contribution in [2.24, 2.45) is 7.05 Å². The monoisotopic (exact) mass is 429 g/mol.